The van der Waals surface area contributed by atoms with Crippen molar-refractivity contribution in [1.29, 1.82) is 0 Å². The van der Waals surface area contributed by atoms with Gasteiger partial charge >= 0.3 is 0 Å². The molecule has 1 aromatic carbocycles. The predicted molar refractivity (Wildman–Crippen MR) is 71.6 cm³/mol. The molecule has 18 heavy (non-hydrogen) atoms. The average Bonchev–Trinajstić information content (AvgIpc) is 2.27. The highest BCUT2D eigenvalue weighted by molar-refractivity contribution is 5.99. The van der Waals surface area contributed by atoms with Gasteiger partial charge in [-0.15, -0.1) is 0 Å². The molecule has 0 aliphatic carbocycles. The van der Waals surface area contributed by atoms with Gasteiger partial charge in [0, 0.05) is 24.5 Å². The van der Waals surface area contributed by atoms with Crippen LogP contribution in [0.1, 0.15) is 24.2 Å². The largest absolute Gasteiger partial charge is 0.399 e. The Hall–Kier alpha value is -1.75. The molecular formula is C13H19N3O2. The molecule has 0 aromatic heterocycles. The van der Waals surface area contributed by atoms with Crippen LogP contribution in [0.4, 0.5) is 11.4 Å². The Balaban J connectivity index is 2.35. The van der Waals surface area contributed by atoms with Gasteiger partial charge in [-0.1, -0.05) is 0 Å². The summed E-state index contributed by atoms with van der Waals surface area (Å²) in [6.07, 6.45) is 0.263. The molecule has 0 saturated carbocycles. The van der Waals surface area contributed by atoms with Crippen molar-refractivity contribution in [2.45, 2.75) is 26.1 Å². The first-order valence-corrected chi connectivity index (χ1v) is 6.07. The molecule has 0 unspecified atom stereocenters. The third kappa shape index (κ3) is 2.56. The van der Waals surface area contributed by atoms with Crippen molar-refractivity contribution in [3.8, 4) is 0 Å². The Morgan fingerprint density at radius 3 is 2.50 bits per heavy atom. The van der Waals surface area contributed by atoms with E-state index in [4.69, 9.17) is 16.2 Å². The second-order valence-corrected chi connectivity index (χ2v) is 4.80. The predicted octanol–water partition coefficient (Wildman–Crippen LogP) is 0.981. The molecule has 1 aliphatic heterocycles. The summed E-state index contributed by atoms with van der Waals surface area (Å²) in [4.78, 5) is 13.6. The maximum absolute atomic E-state index is 11.5. The number of rotatable bonds is 2. The number of nitrogens with zero attached hydrogens (tertiary/aromatic N) is 1. The fraction of sp³-hybridized carbons (Fsp3) is 0.462. The van der Waals surface area contributed by atoms with Gasteiger partial charge in [-0.2, -0.15) is 0 Å². The fourth-order valence-electron chi connectivity index (χ4n) is 2.40. The zero-order valence-electron chi connectivity index (χ0n) is 10.7. The lowest BCUT2D eigenvalue weighted by Gasteiger charge is -2.37. The molecule has 98 valence electrons. The standard InChI is InChI=1S/C13H19N3O2/c1-8-6-16(7-9(2)18-8)12-4-3-10(14)5-11(12)13(15)17/h3-5,8-9H,6-7,14H2,1-2H3,(H2,15,17)/t8-,9+. The first kappa shape index (κ1) is 12.7. The molecule has 0 radical (unpaired) electrons. The van der Waals surface area contributed by atoms with Crippen LogP contribution in [-0.2, 0) is 4.74 Å². The lowest BCUT2D eigenvalue weighted by atomic mass is 10.1. The van der Waals surface area contributed by atoms with E-state index < -0.39 is 5.91 Å². The fourth-order valence-corrected chi connectivity index (χ4v) is 2.40. The zero-order chi connectivity index (χ0) is 13.3. The van der Waals surface area contributed by atoms with E-state index in [2.05, 4.69) is 4.90 Å². The lowest BCUT2D eigenvalue weighted by molar-refractivity contribution is -0.00526. The Bertz CT molecular complexity index is 452. The minimum Gasteiger partial charge on any atom is -0.399 e. The molecule has 5 nitrogen and oxygen atoms in total. The molecule has 1 heterocycles. The third-order valence-electron chi connectivity index (χ3n) is 3.05. The van der Waals surface area contributed by atoms with Crippen molar-refractivity contribution in [3.05, 3.63) is 23.8 Å². The van der Waals surface area contributed by atoms with Crippen LogP contribution in [0.3, 0.4) is 0 Å². The first-order chi connectivity index (χ1) is 8.47. The van der Waals surface area contributed by atoms with Crippen molar-refractivity contribution < 1.29 is 9.53 Å². The molecule has 1 saturated heterocycles. The molecule has 5 heteroatoms. The van der Waals surface area contributed by atoms with E-state index in [0.717, 1.165) is 18.8 Å². The number of morpholine rings is 1. The highest BCUT2D eigenvalue weighted by atomic mass is 16.5. The van der Waals surface area contributed by atoms with E-state index in [0.29, 0.717) is 11.3 Å². The van der Waals surface area contributed by atoms with E-state index in [1.54, 1.807) is 12.1 Å². The quantitative estimate of drug-likeness (QED) is 0.765. The number of amides is 1. The minimum absolute atomic E-state index is 0.132. The monoisotopic (exact) mass is 249 g/mol. The lowest BCUT2D eigenvalue weighted by Crippen LogP contribution is -2.46. The van der Waals surface area contributed by atoms with Gasteiger partial charge in [0.2, 0.25) is 0 Å². The molecule has 1 aromatic rings. The van der Waals surface area contributed by atoms with Crippen LogP contribution in [0.15, 0.2) is 18.2 Å². The summed E-state index contributed by atoms with van der Waals surface area (Å²) in [6, 6.07) is 5.26. The number of anilines is 2. The number of primary amides is 1. The molecule has 0 spiro atoms. The average molecular weight is 249 g/mol. The van der Waals surface area contributed by atoms with Crippen LogP contribution in [0.5, 0.6) is 0 Å². The summed E-state index contributed by atoms with van der Waals surface area (Å²) >= 11 is 0. The Morgan fingerprint density at radius 2 is 1.94 bits per heavy atom. The van der Waals surface area contributed by atoms with E-state index in [9.17, 15) is 4.79 Å². The SMILES string of the molecule is C[C@@H]1CN(c2ccc(N)cc2C(N)=O)C[C@H](C)O1. The van der Waals surface area contributed by atoms with Crippen molar-refractivity contribution in [2.24, 2.45) is 5.73 Å². The van der Waals surface area contributed by atoms with Crippen LogP contribution < -0.4 is 16.4 Å². The van der Waals surface area contributed by atoms with Gasteiger partial charge in [-0.05, 0) is 32.0 Å². The number of carbonyl (C=O) groups is 1. The Kier molecular flexibility index (Phi) is 3.43. The number of carbonyl (C=O) groups excluding carboxylic acids is 1. The maximum atomic E-state index is 11.5. The second kappa shape index (κ2) is 4.86. The smallest absolute Gasteiger partial charge is 0.250 e. The van der Waals surface area contributed by atoms with Gasteiger partial charge in [0.25, 0.3) is 5.91 Å². The van der Waals surface area contributed by atoms with Gasteiger partial charge < -0.3 is 21.1 Å². The van der Waals surface area contributed by atoms with Gasteiger partial charge in [0.1, 0.15) is 0 Å². The third-order valence-corrected chi connectivity index (χ3v) is 3.05. The minimum atomic E-state index is -0.455. The van der Waals surface area contributed by atoms with Gasteiger partial charge in [-0.25, -0.2) is 0 Å². The number of hydrogen-bond acceptors (Lipinski definition) is 4. The second-order valence-electron chi connectivity index (χ2n) is 4.80. The van der Waals surface area contributed by atoms with Crippen LogP contribution in [-0.4, -0.2) is 31.2 Å². The number of ether oxygens (including phenoxy) is 1. The number of nitrogen functional groups attached to an aromatic ring is 1. The van der Waals surface area contributed by atoms with Crippen LogP contribution in [0, 0.1) is 0 Å². The summed E-state index contributed by atoms with van der Waals surface area (Å²) in [7, 11) is 0. The number of benzene rings is 1. The first-order valence-electron chi connectivity index (χ1n) is 6.07. The van der Waals surface area contributed by atoms with E-state index in [-0.39, 0.29) is 12.2 Å². The van der Waals surface area contributed by atoms with E-state index >= 15 is 0 Å². The molecule has 0 bridgehead atoms. The van der Waals surface area contributed by atoms with E-state index in [1.165, 1.54) is 0 Å². The molecule has 2 rings (SSSR count). The van der Waals surface area contributed by atoms with Crippen molar-refractivity contribution in [1.82, 2.24) is 0 Å². The highest BCUT2D eigenvalue weighted by Crippen LogP contribution is 2.26. The molecular weight excluding hydrogens is 230 g/mol. The summed E-state index contributed by atoms with van der Waals surface area (Å²) in [6.45, 7) is 5.52. The number of hydrogen-bond donors (Lipinski definition) is 2. The van der Waals surface area contributed by atoms with Gasteiger partial charge in [-0.3, -0.25) is 4.79 Å². The summed E-state index contributed by atoms with van der Waals surface area (Å²) < 4.78 is 5.68. The van der Waals surface area contributed by atoms with Crippen LogP contribution in [0.2, 0.25) is 0 Å². The summed E-state index contributed by atoms with van der Waals surface area (Å²) in [5.41, 5.74) is 12.9. The van der Waals surface area contributed by atoms with Crippen molar-refractivity contribution >= 4 is 17.3 Å². The topological polar surface area (TPSA) is 81.6 Å². The van der Waals surface area contributed by atoms with Crippen molar-refractivity contribution in [3.63, 3.8) is 0 Å². The Morgan fingerprint density at radius 1 is 1.33 bits per heavy atom. The van der Waals surface area contributed by atoms with Crippen LogP contribution >= 0.6 is 0 Å². The normalized spacial score (nSPS) is 24.0. The highest BCUT2D eigenvalue weighted by Gasteiger charge is 2.25. The molecule has 1 aliphatic rings. The molecule has 1 amide bonds. The summed E-state index contributed by atoms with van der Waals surface area (Å²) in [5, 5.41) is 0. The molecule has 4 N–H and O–H groups in total. The number of nitrogens with two attached hydrogens (primary N) is 2. The van der Waals surface area contributed by atoms with Gasteiger partial charge in [0.15, 0.2) is 0 Å². The zero-order valence-corrected chi connectivity index (χ0v) is 10.7. The molecule has 1 fully saturated rings. The Labute approximate surface area is 107 Å². The van der Waals surface area contributed by atoms with Gasteiger partial charge in [0.05, 0.1) is 17.8 Å². The van der Waals surface area contributed by atoms with Crippen molar-refractivity contribution in [2.75, 3.05) is 23.7 Å². The van der Waals surface area contributed by atoms with E-state index in [1.807, 2.05) is 19.9 Å². The summed E-state index contributed by atoms with van der Waals surface area (Å²) in [5.74, 6) is -0.455. The van der Waals surface area contributed by atoms with Crippen LogP contribution in [0.25, 0.3) is 0 Å². The maximum Gasteiger partial charge on any atom is 0.250 e. The molecule has 2 atom stereocenters.